The molecule has 0 saturated carbocycles. The topological polar surface area (TPSA) is 62.5 Å². The van der Waals surface area contributed by atoms with Crippen LogP contribution in [0.4, 0.5) is 5.69 Å². The minimum atomic E-state index is -0.158. The summed E-state index contributed by atoms with van der Waals surface area (Å²) in [7, 11) is 0. The number of carbonyl (C=O) groups excluding carboxylic acids is 1. The van der Waals surface area contributed by atoms with Gasteiger partial charge in [0, 0.05) is 16.8 Å². The molecule has 0 aliphatic heterocycles. The normalized spacial score (nSPS) is 10.8. The Labute approximate surface area is 150 Å². The fraction of sp³-hybridized carbons (Fsp3) is 0.0455. The second-order valence-electron chi connectivity index (χ2n) is 5.99. The van der Waals surface area contributed by atoms with Crippen LogP contribution < -0.4 is 5.32 Å². The molecule has 2 N–H and O–H groups in total. The molecule has 4 nitrogen and oxygen atoms in total. The Morgan fingerprint density at radius 1 is 0.923 bits per heavy atom. The molecule has 26 heavy (non-hydrogen) atoms. The van der Waals surface area contributed by atoms with Crippen molar-refractivity contribution in [2.75, 3.05) is 5.32 Å². The number of hydrogen-bond acceptors (Lipinski definition) is 3. The number of anilines is 1. The van der Waals surface area contributed by atoms with Crippen LogP contribution in [0.2, 0.25) is 0 Å². The average Bonchev–Trinajstić information content (AvgIpc) is 3.17. The molecule has 0 spiro atoms. The summed E-state index contributed by atoms with van der Waals surface area (Å²) in [6.45, 7) is -0.141. The summed E-state index contributed by atoms with van der Waals surface area (Å²) in [6, 6.07) is 24.5. The van der Waals surface area contributed by atoms with Gasteiger partial charge in [-0.15, -0.1) is 0 Å². The number of aliphatic hydroxyl groups is 1. The van der Waals surface area contributed by atoms with Gasteiger partial charge in [-0.3, -0.25) is 4.79 Å². The zero-order valence-corrected chi connectivity index (χ0v) is 14.0. The van der Waals surface area contributed by atoms with Crippen LogP contribution in [0.5, 0.6) is 0 Å². The summed E-state index contributed by atoms with van der Waals surface area (Å²) in [5, 5.41) is 14.0. The second-order valence-corrected chi connectivity index (χ2v) is 5.99. The Balaban J connectivity index is 1.62. The summed E-state index contributed by atoms with van der Waals surface area (Å²) < 4.78 is 5.56. The molecule has 128 valence electrons. The molecular formula is C22H17NO3. The van der Waals surface area contributed by atoms with Crippen LogP contribution in [0.15, 0.2) is 83.3 Å². The van der Waals surface area contributed by atoms with Gasteiger partial charge in [-0.25, -0.2) is 0 Å². The van der Waals surface area contributed by atoms with Gasteiger partial charge in [-0.05, 0) is 41.1 Å². The van der Waals surface area contributed by atoms with Gasteiger partial charge >= 0.3 is 0 Å². The number of benzene rings is 3. The van der Waals surface area contributed by atoms with E-state index in [0.717, 1.165) is 16.3 Å². The van der Waals surface area contributed by atoms with Crippen molar-refractivity contribution < 1.29 is 14.3 Å². The summed E-state index contributed by atoms with van der Waals surface area (Å²) in [5.74, 6) is 0.995. The molecule has 1 heterocycles. The lowest BCUT2D eigenvalue weighted by Gasteiger charge is -2.09. The summed E-state index contributed by atoms with van der Waals surface area (Å²) in [6.07, 6.45) is 0. The first-order chi connectivity index (χ1) is 12.7. The lowest BCUT2D eigenvalue weighted by Crippen LogP contribution is -2.12. The predicted molar refractivity (Wildman–Crippen MR) is 102 cm³/mol. The van der Waals surface area contributed by atoms with E-state index in [9.17, 15) is 4.79 Å². The standard InChI is InChI=1S/C22H17NO3/c24-14-18-11-12-21(26-18)16-7-3-8-17(13-16)23-22(25)20-10-4-6-15-5-1-2-9-19(15)20/h1-13,24H,14H2,(H,23,25). The molecule has 0 radical (unpaired) electrons. The van der Waals surface area contributed by atoms with Crippen molar-refractivity contribution in [3.05, 3.63) is 90.2 Å². The second kappa shape index (κ2) is 6.86. The Hall–Kier alpha value is -3.37. The molecule has 4 rings (SSSR count). The van der Waals surface area contributed by atoms with Crippen molar-refractivity contribution in [1.82, 2.24) is 0 Å². The van der Waals surface area contributed by atoms with Crippen LogP contribution in [0, 0.1) is 0 Å². The number of hydrogen-bond donors (Lipinski definition) is 2. The summed E-state index contributed by atoms with van der Waals surface area (Å²) >= 11 is 0. The lowest BCUT2D eigenvalue weighted by molar-refractivity contribution is 0.102. The van der Waals surface area contributed by atoms with Gasteiger partial charge in [0.1, 0.15) is 18.1 Å². The highest BCUT2D eigenvalue weighted by Gasteiger charge is 2.11. The van der Waals surface area contributed by atoms with Gasteiger partial charge in [0.25, 0.3) is 5.91 Å². The zero-order valence-electron chi connectivity index (χ0n) is 14.0. The van der Waals surface area contributed by atoms with E-state index in [1.54, 1.807) is 12.1 Å². The monoisotopic (exact) mass is 343 g/mol. The number of carbonyl (C=O) groups is 1. The Bertz CT molecular complexity index is 1080. The maximum Gasteiger partial charge on any atom is 0.256 e. The molecule has 1 aromatic heterocycles. The minimum absolute atomic E-state index is 0.141. The molecule has 0 atom stereocenters. The third-order valence-corrected chi connectivity index (χ3v) is 4.26. The first-order valence-electron chi connectivity index (χ1n) is 8.34. The van der Waals surface area contributed by atoms with Crippen LogP contribution in [0.25, 0.3) is 22.1 Å². The van der Waals surface area contributed by atoms with Crippen LogP contribution in [-0.2, 0) is 6.61 Å². The van der Waals surface area contributed by atoms with Gasteiger partial charge in [0.15, 0.2) is 0 Å². The molecule has 4 heteroatoms. The van der Waals surface area contributed by atoms with Crippen LogP contribution in [0.1, 0.15) is 16.1 Å². The van der Waals surface area contributed by atoms with E-state index in [2.05, 4.69) is 5.32 Å². The molecule has 1 amide bonds. The Morgan fingerprint density at radius 2 is 1.73 bits per heavy atom. The maximum atomic E-state index is 12.8. The van der Waals surface area contributed by atoms with Crippen LogP contribution >= 0.6 is 0 Å². The van der Waals surface area contributed by atoms with Gasteiger partial charge in [-0.2, -0.15) is 0 Å². The number of aliphatic hydroxyl groups excluding tert-OH is 1. The van der Waals surface area contributed by atoms with E-state index in [1.807, 2.05) is 66.7 Å². The Morgan fingerprint density at radius 3 is 2.58 bits per heavy atom. The molecule has 3 aromatic carbocycles. The summed E-state index contributed by atoms with van der Waals surface area (Å²) in [5.41, 5.74) is 2.15. The van der Waals surface area contributed by atoms with Gasteiger partial charge in [-0.1, -0.05) is 48.5 Å². The van der Waals surface area contributed by atoms with E-state index in [1.165, 1.54) is 0 Å². The first kappa shape index (κ1) is 16.1. The largest absolute Gasteiger partial charge is 0.459 e. The molecule has 0 unspecified atom stereocenters. The third kappa shape index (κ3) is 3.10. The van der Waals surface area contributed by atoms with Crippen molar-refractivity contribution in [3.63, 3.8) is 0 Å². The van der Waals surface area contributed by atoms with Crippen molar-refractivity contribution in [3.8, 4) is 11.3 Å². The fourth-order valence-electron chi connectivity index (χ4n) is 2.99. The van der Waals surface area contributed by atoms with Gasteiger partial charge < -0.3 is 14.8 Å². The van der Waals surface area contributed by atoms with E-state index >= 15 is 0 Å². The molecular weight excluding hydrogens is 326 g/mol. The number of furan rings is 1. The average molecular weight is 343 g/mol. The highest BCUT2D eigenvalue weighted by Crippen LogP contribution is 2.26. The minimum Gasteiger partial charge on any atom is -0.459 e. The Kier molecular flexibility index (Phi) is 4.25. The van der Waals surface area contributed by atoms with E-state index in [4.69, 9.17) is 9.52 Å². The van der Waals surface area contributed by atoms with Gasteiger partial charge in [0.2, 0.25) is 0 Å². The third-order valence-electron chi connectivity index (χ3n) is 4.26. The van der Waals surface area contributed by atoms with Crippen molar-refractivity contribution in [2.45, 2.75) is 6.61 Å². The smallest absolute Gasteiger partial charge is 0.256 e. The fourth-order valence-corrected chi connectivity index (χ4v) is 2.99. The predicted octanol–water partition coefficient (Wildman–Crippen LogP) is 4.84. The molecule has 0 fully saturated rings. The van der Waals surface area contributed by atoms with E-state index < -0.39 is 0 Å². The quantitative estimate of drug-likeness (QED) is 0.557. The number of rotatable bonds is 4. The highest BCUT2D eigenvalue weighted by atomic mass is 16.4. The molecule has 0 bridgehead atoms. The first-order valence-corrected chi connectivity index (χ1v) is 8.34. The van der Waals surface area contributed by atoms with Crippen LogP contribution in [-0.4, -0.2) is 11.0 Å². The number of amides is 1. The highest BCUT2D eigenvalue weighted by molar-refractivity contribution is 6.13. The number of nitrogens with one attached hydrogen (secondary N) is 1. The molecule has 0 saturated heterocycles. The maximum absolute atomic E-state index is 12.8. The van der Waals surface area contributed by atoms with Crippen molar-refractivity contribution >= 4 is 22.4 Å². The van der Waals surface area contributed by atoms with Crippen molar-refractivity contribution in [2.24, 2.45) is 0 Å². The number of fused-ring (bicyclic) bond motifs is 1. The molecule has 4 aromatic rings. The lowest BCUT2D eigenvalue weighted by atomic mass is 10.0. The SMILES string of the molecule is O=C(Nc1cccc(-c2ccc(CO)o2)c1)c1cccc2ccccc12. The molecule has 0 aliphatic carbocycles. The van der Waals surface area contributed by atoms with Gasteiger partial charge in [0.05, 0.1) is 0 Å². The zero-order chi connectivity index (χ0) is 17.9. The summed E-state index contributed by atoms with van der Waals surface area (Å²) in [4.78, 5) is 12.8. The van der Waals surface area contributed by atoms with Crippen LogP contribution in [0.3, 0.4) is 0 Å². The van der Waals surface area contributed by atoms with Crippen molar-refractivity contribution in [1.29, 1.82) is 0 Å². The van der Waals surface area contributed by atoms with E-state index in [0.29, 0.717) is 22.8 Å². The van der Waals surface area contributed by atoms with E-state index in [-0.39, 0.29) is 12.5 Å². The molecule has 0 aliphatic rings.